The summed E-state index contributed by atoms with van der Waals surface area (Å²) in [5.74, 6) is 0.762. The third kappa shape index (κ3) is 6.66. The number of carbonyl (C=O) groups is 1. The van der Waals surface area contributed by atoms with Crippen molar-refractivity contribution in [2.75, 3.05) is 14.2 Å². The van der Waals surface area contributed by atoms with Gasteiger partial charge in [-0.05, 0) is 40.1 Å². The third-order valence-electron chi connectivity index (χ3n) is 6.59. The Kier molecular flexibility index (Phi) is 8.93. The van der Waals surface area contributed by atoms with Crippen LogP contribution in [0.3, 0.4) is 0 Å². The zero-order valence-electron chi connectivity index (χ0n) is 23.7. The van der Waals surface area contributed by atoms with Crippen LogP contribution in [-0.2, 0) is 22.5 Å². The van der Waals surface area contributed by atoms with E-state index in [0.717, 1.165) is 0 Å². The molecule has 0 radical (unpaired) electrons. The summed E-state index contributed by atoms with van der Waals surface area (Å²) in [7, 11) is 3.11. The average molecular weight is 585 g/mol. The van der Waals surface area contributed by atoms with Gasteiger partial charge in [0.15, 0.2) is 23.2 Å². The first-order valence-corrected chi connectivity index (χ1v) is 13.4. The Balaban J connectivity index is 1.88. The number of halogens is 1. The number of tetrazole rings is 1. The first kappa shape index (κ1) is 29.9. The molecule has 4 N–H and O–H groups in total. The largest absolute Gasteiger partial charge is 0.493 e. The number of amidine groups is 2. The Bertz CT molecular complexity index is 1480. The molecule has 12 nitrogen and oxygen atoms in total. The summed E-state index contributed by atoms with van der Waals surface area (Å²) >= 11 is 6.51. The molecule has 0 saturated carbocycles. The summed E-state index contributed by atoms with van der Waals surface area (Å²) in [5.41, 5.74) is 8.61. The molecule has 3 aromatic rings. The molecule has 41 heavy (non-hydrogen) atoms. The van der Waals surface area contributed by atoms with E-state index in [1.807, 2.05) is 18.2 Å². The fourth-order valence-corrected chi connectivity index (χ4v) is 5.09. The molecule has 0 unspecified atom stereocenters. The van der Waals surface area contributed by atoms with Crippen LogP contribution in [0, 0.1) is 10.8 Å². The number of nitrogens with one attached hydrogen (secondary N) is 1. The molecule has 1 aromatic heterocycles. The van der Waals surface area contributed by atoms with Crippen LogP contribution < -0.4 is 15.2 Å². The van der Waals surface area contributed by atoms with Crippen molar-refractivity contribution in [3.8, 4) is 11.5 Å². The zero-order valence-corrected chi connectivity index (χ0v) is 24.5. The maximum atomic E-state index is 11.3. The number of rotatable bonds is 9. The fourth-order valence-electron chi connectivity index (χ4n) is 4.91. The van der Waals surface area contributed by atoms with E-state index in [0.29, 0.717) is 45.6 Å². The average Bonchev–Trinajstić information content (AvgIpc) is 3.29. The van der Waals surface area contributed by atoms with Gasteiger partial charge in [-0.3, -0.25) is 4.79 Å². The highest BCUT2D eigenvalue weighted by atomic mass is 35.5. The number of methoxy groups -OCH3 is 2. The summed E-state index contributed by atoms with van der Waals surface area (Å²) in [4.78, 5) is 11.3. The van der Waals surface area contributed by atoms with Crippen molar-refractivity contribution in [1.82, 2.24) is 20.2 Å². The molecule has 0 fully saturated rings. The molecule has 0 aliphatic carbocycles. The van der Waals surface area contributed by atoms with Crippen molar-refractivity contribution >= 4 is 34.9 Å². The molecule has 2 heterocycles. The van der Waals surface area contributed by atoms with E-state index in [9.17, 15) is 15.3 Å². The normalized spacial score (nSPS) is 18.4. The van der Waals surface area contributed by atoms with E-state index in [4.69, 9.17) is 31.5 Å². The van der Waals surface area contributed by atoms with Gasteiger partial charge in [-0.2, -0.15) is 5.41 Å². The van der Waals surface area contributed by atoms with Crippen molar-refractivity contribution in [2.24, 2.45) is 11.1 Å². The standard InChI is InChI=1S/C28H34ClN7O5/c1-28(2,3)15-22(30)36-19-10-9-16(29)13-18(19)25(17-7-6-8-20(39-4)26(17)40-5)41-21(27(36)31)11-12-35-23(14-24(37)38)32-33-34-35/h6-10,13,21,25,30-31H,11-12,14-15H2,1-5H3,(H,37,38)/p+1/t21-,25-/m1/s1. The predicted octanol–water partition coefficient (Wildman–Crippen LogP) is 3.96. The summed E-state index contributed by atoms with van der Waals surface area (Å²) < 4.78 is 21.2. The van der Waals surface area contributed by atoms with Crippen LogP contribution in [-0.4, -0.2) is 67.9 Å². The first-order chi connectivity index (χ1) is 19.4. The van der Waals surface area contributed by atoms with Gasteiger partial charge in [-0.25, -0.2) is 9.26 Å². The lowest BCUT2D eigenvalue weighted by atomic mass is 9.91. The third-order valence-corrected chi connectivity index (χ3v) is 6.83. The van der Waals surface area contributed by atoms with E-state index in [-0.39, 0.29) is 36.5 Å². The number of nitrogens with two attached hydrogens (primary N) is 1. The molecule has 0 spiro atoms. The predicted molar refractivity (Wildman–Crippen MR) is 152 cm³/mol. The van der Waals surface area contributed by atoms with Gasteiger partial charge < -0.3 is 25.1 Å². The summed E-state index contributed by atoms with van der Waals surface area (Å²) in [6.07, 6.45) is -1.10. The van der Waals surface area contributed by atoms with E-state index in [1.54, 1.807) is 37.0 Å². The highest BCUT2D eigenvalue weighted by Crippen LogP contribution is 2.45. The Hall–Kier alpha value is -4.03. The zero-order chi connectivity index (χ0) is 29.9. The first-order valence-electron chi connectivity index (χ1n) is 13.1. The minimum atomic E-state index is -1.05. The highest BCUT2D eigenvalue weighted by Gasteiger charge is 2.39. The van der Waals surface area contributed by atoms with Gasteiger partial charge in [0.1, 0.15) is 24.3 Å². The van der Waals surface area contributed by atoms with Crippen LogP contribution in [0.2, 0.25) is 5.02 Å². The Labute approximate surface area is 243 Å². The van der Waals surface area contributed by atoms with Gasteiger partial charge in [0, 0.05) is 35.5 Å². The Morgan fingerprint density at radius 2 is 1.98 bits per heavy atom. The monoisotopic (exact) mass is 584 g/mol. The summed E-state index contributed by atoms with van der Waals surface area (Å²) in [6.45, 7) is 6.42. The quantitative estimate of drug-likeness (QED) is 0.249. The number of aryl methyl sites for hydroxylation is 1. The van der Waals surface area contributed by atoms with Crippen molar-refractivity contribution in [3.05, 3.63) is 58.4 Å². The fraction of sp³-hybridized carbons (Fsp3) is 0.429. The van der Waals surface area contributed by atoms with Crippen LogP contribution in [0.25, 0.3) is 0 Å². The van der Waals surface area contributed by atoms with Gasteiger partial charge in [0.2, 0.25) is 0 Å². The minimum Gasteiger partial charge on any atom is -0.493 e. The van der Waals surface area contributed by atoms with Crippen molar-refractivity contribution < 1.29 is 28.7 Å². The lowest BCUT2D eigenvalue weighted by Gasteiger charge is -2.24. The molecule has 0 amide bonds. The number of benzene rings is 2. The van der Waals surface area contributed by atoms with E-state index in [2.05, 4.69) is 36.3 Å². The van der Waals surface area contributed by atoms with Crippen molar-refractivity contribution in [2.45, 2.75) is 58.8 Å². The second kappa shape index (κ2) is 12.2. The number of ether oxygens (including phenoxy) is 3. The number of hydrogen-bond acceptors (Lipinski definition) is 8. The van der Waals surface area contributed by atoms with E-state index in [1.165, 1.54) is 4.68 Å². The van der Waals surface area contributed by atoms with E-state index < -0.39 is 18.2 Å². The molecule has 0 bridgehead atoms. The maximum absolute atomic E-state index is 11.3. The second-order valence-electron chi connectivity index (χ2n) is 10.9. The smallest absolute Gasteiger partial charge is 0.311 e. The summed E-state index contributed by atoms with van der Waals surface area (Å²) in [5, 5.41) is 30.5. The number of aliphatic carboxylic acids is 1. The SMILES string of the molecule is COc1cccc([C@H]2O[C@H](CCn3nnnc3CC(=O)O)C(=N)[N+](=C(N)CC(C)(C)C)c3ccc(Cl)cc32)c1OC. The molecular weight excluding hydrogens is 550 g/mol. The number of aromatic nitrogens is 4. The number of para-hydroxylation sites is 1. The molecule has 1 aliphatic rings. The van der Waals surface area contributed by atoms with Gasteiger partial charge in [0.25, 0.3) is 5.84 Å². The lowest BCUT2D eigenvalue weighted by Crippen LogP contribution is -2.38. The van der Waals surface area contributed by atoms with Gasteiger partial charge in [0.05, 0.1) is 14.2 Å². The lowest BCUT2D eigenvalue weighted by molar-refractivity contribution is -0.319. The number of nitrogens with zero attached hydrogens (tertiary/aromatic N) is 5. The molecule has 2 atom stereocenters. The number of carboxylic acids is 1. The minimum absolute atomic E-state index is 0.118. The topological polar surface area (TPSA) is 161 Å². The van der Waals surface area contributed by atoms with Crippen LogP contribution in [0.5, 0.6) is 11.5 Å². The molecular formula is C28H35ClN7O5+. The van der Waals surface area contributed by atoms with Crippen LogP contribution in [0.4, 0.5) is 5.69 Å². The Morgan fingerprint density at radius 3 is 2.63 bits per heavy atom. The molecule has 4 rings (SSSR count). The molecule has 2 aromatic carbocycles. The van der Waals surface area contributed by atoms with Gasteiger partial charge >= 0.3 is 5.97 Å². The summed E-state index contributed by atoms with van der Waals surface area (Å²) in [6, 6.07) is 10.9. The van der Waals surface area contributed by atoms with Gasteiger partial charge in [-0.1, -0.05) is 44.5 Å². The highest BCUT2D eigenvalue weighted by molar-refractivity contribution is 6.30. The Morgan fingerprint density at radius 1 is 1.22 bits per heavy atom. The van der Waals surface area contributed by atoms with Crippen LogP contribution in [0.1, 0.15) is 56.7 Å². The molecule has 13 heteroatoms. The van der Waals surface area contributed by atoms with Gasteiger partial charge in [-0.15, -0.1) is 5.10 Å². The van der Waals surface area contributed by atoms with E-state index >= 15 is 0 Å². The maximum Gasteiger partial charge on any atom is 0.311 e. The number of fused-ring (bicyclic) bond motifs is 1. The molecule has 0 saturated heterocycles. The van der Waals surface area contributed by atoms with Crippen LogP contribution in [0.15, 0.2) is 36.4 Å². The molecule has 218 valence electrons. The van der Waals surface area contributed by atoms with Crippen molar-refractivity contribution in [1.29, 1.82) is 5.41 Å². The van der Waals surface area contributed by atoms with Crippen LogP contribution >= 0.6 is 11.6 Å². The number of hydrogen-bond donors (Lipinski definition) is 3. The second-order valence-corrected chi connectivity index (χ2v) is 11.4. The number of carboxylic acid groups (broad SMARTS) is 1. The molecule has 1 aliphatic heterocycles. The van der Waals surface area contributed by atoms with Crippen molar-refractivity contribution in [3.63, 3.8) is 0 Å².